The Labute approximate surface area is 133 Å². The van der Waals surface area contributed by atoms with Gasteiger partial charge in [0.05, 0.1) is 5.02 Å². The summed E-state index contributed by atoms with van der Waals surface area (Å²) < 4.78 is 3.02. The van der Waals surface area contributed by atoms with E-state index in [1.54, 1.807) is 0 Å². The standard InChI is InChI=1S/C15H19BrClN3/c1-8(2)15-19-13(14(18)20(15)9(3)4)11-6-5-10(16)7-12(11)17/h5-9H,18H2,1-4H3. The first kappa shape index (κ1) is 15.4. The van der Waals surface area contributed by atoms with Crippen LogP contribution in [0.15, 0.2) is 22.7 Å². The second kappa shape index (κ2) is 5.78. The van der Waals surface area contributed by atoms with Crippen molar-refractivity contribution in [3.8, 4) is 11.3 Å². The first-order valence-corrected chi connectivity index (χ1v) is 7.83. The maximum atomic E-state index is 6.32. The Bertz CT molecular complexity index is 632. The highest BCUT2D eigenvalue weighted by atomic mass is 79.9. The molecule has 0 radical (unpaired) electrons. The second-order valence-corrected chi connectivity index (χ2v) is 6.77. The van der Waals surface area contributed by atoms with E-state index in [0.717, 1.165) is 21.6 Å². The molecule has 0 unspecified atom stereocenters. The van der Waals surface area contributed by atoms with Crippen LogP contribution in [-0.4, -0.2) is 9.55 Å². The van der Waals surface area contributed by atoms with Crippen LogP contribution in [0.1, 0.15) is 45.5 Å². The first-order chi connectivity index (χ1) is 9.32. The number of benzene rings is 1. The Kier molecular flexibility index (Phi) is 4.45. The van der Waals surface area contributed by atoms with Crippen LogP contribution < -0.4 is 5.73 Å². The smallest absolute Gasteiger partial charge is 0.132 e. The van der Waals surface area contributed by atoms with Gasteiger partial charge >= 0.3 is 0 Å². The minimum absolute atomic E-state index is 0.267. The molecule has 20 heavy (non-hydrogen) atoms. The van der Waals surface area contributed by atoms with Crippen LogP contribution >= 0.6 is 27.5 Å². The van der Waals surface area contributed by atoms with Crippen LogP contribution in [0.3, 0.4) is 0 Å². The molecule has 1 heterocycles. The zero-order chi connectivity index (χ0) is 15.0. The van der Waals surface area contributed by atoms with E-state index in [2.05, 4.69) is 48.2 Å². The molecule has 0 aliphatic carbocycles. The summed E-state index contributed by atoms with van der Waals surface area (Å²) in [6, 6.07) is 6.02. The molecule has 0 amide bonds. The summed E-state index contributed by atoms with van der Waals surface area (Å²) in [5.41, 5.74) is 7.94. The molecule has 2 N–H and O–H groups in total. The molecule has 0 fully saturated rings. The van der Waals surface area contributed by atoms with Crippen LogP contribution in [0.25, 0.3) is 11.3 Å². The normalized spacial score (nSPS) is 11.6. The zero-order valence-electron chi connectivity index (χ0n) is 12.1. The van der Waals surface area contributed by atoms with E-state index in [1.807, 2.05) is 18.2 Å². The molecule has 0 aliphatic rings. The van der Waals surface area contributed by atoms with Gasteiger partial charge in [-0.1, -0.05) is 47.4 Å². The average molecular weight is 357 g/mol. The van der Waals surface area contributed by atoms with Gasteiger partial charge in [0.2, 0.25) is 0 Å². The number of halogens is 2. The number of hydrogen-bond acceptors (Lipinski definition) is 2. The molecule has 1 aromatic heterocycles. The van der Waals surface area contributed by atoms with E-state index in [0.29, 0.717) is 16.8 Å². The van der Waals surface area contributed by atoms with E-state index in [9.17, 15) is 0 Å². The summed E-state index contributed by atoms with van der Waals surface area (Å²) in [5.74, 6) is 1.97. The highest BCUT2D eigenvalue weighted by Crippen LogP contribution is 2.36. The van der Waals surface area contributed by atoms with Gasteiger partial charge in [-0.15, -0.1) is 0 Å². The quantitative estimate of drug-likeness (QED) is 0.816. The Morgan fingerprint density at radius 2 is 1.90 bits per heavy atom. The van der Waals surface area contributed by atoms with E-state index in [4.69, 9.17) is 22.3 Å². The number of rotatable bonds is 3. The molecule has 0 saturated heterocycles. The highest BCUT2D eigenvalue weighted by Gasteiger charge is 2.21. The average Bonchev–Trinajstić information content (AvgIpc) is 2.67. The molecule has 0 aliphatic heterocycles. The number of aromatic nitrogens is 2. The number of nitrogen functional groups attached to an aromatic ring is 1. The summed E-state index contributed by atoms with van der Waals surface area (Å²) in [6.07, 6.45) is 0. The number of nitrogens with two attached hydrogens (primary N) is 1. The molecule has 0 bridgehead atoms. The van der Waals surface area contributed by atoms with Crippen molar-refractivity contribution in [3.63, 3.8) is 0 Å². The van der Waals surface area contributed by atoms with E-state index >= 15 is 0 Å². The molecule has 5 heteroatoms. The molecule has 1 aromatic carbocycles. The monoisotopic (exact) mass is 355 g/mol. The SMILES string of the molecule is CC(C)c1nc(-c2ccc(Br)cc2Cl)c(N)n1C(C)C. The van der Waals surface area contributed by atoms with Gasteiger partial charge in [-0.3, -0.25) is 0 Å². The molecule has 108 valence electrons. The predicted molar refractivity (Wildman–Crippen MR) is 89.3 cm³/mol. The molecule has 3 nitrogen and oxygen atoms in total. The lowest BCUT2D eigenvalue weighted by Crippen LogP contribution is -2.10. The Morgan fingerprint density at radius 3 is 2.35 bits per heavy atom. The van der Waals surface area contributed by atoms with Crippen LogP contribution in [0.4, 0.5) is 5.82 Å². The topological polar surface area (TPSA) is 43.8 Å². The van der Waals surface area contributed by atoms with Gasteiger partial charge in [0.25, 0.3) is 0 Å². The first-order valence-electron chi connectivity index (χ1n) is 6.66. The van der Waals surface area contributed by atoms with Crippen molar-refractivity contribution in [3.05, 3.63) is 33.5 Å². The molecular weight excluding hydrogens is 338 g/mol. The lowest BCUT2D eigenvalue weighted by molar-refractivity contribution is 0.556. The number of anilines is 1. The number of nitrogens with zero attached hydrogens (tertiary/aromatic N) is 2. The van der Waals surface area contributed by atoms with Gasteiger partial charge in [0.1, 0.15) is 17.3 Å². The van der Waals surface area contributed by atoms with Crippen molar-refractivity contribution < 1.29 is 0 Å². The molecular formula is C15H19BrClN3. The van der Waals surface area contributed by atoms with Gasteiger partial charge in [-0.05, 0) is 26.0 Å². The molecule has 0 saturated carbocycles. The van der Waals surface area contributed by atoms with Crippen molar-refractivity contribution in [2.45, 2.75) is 39.7 Å². The van der Waals surface area contributed by atoms with Crippen molar-refractivity contribution in [1.82, 2.24) is 9.55 Å². The third-order valence-electron chi connectivity index (χ3n) is 3.19. The fourth-order valence-electron chi connectivity index (χ4n) is 2.29. The van der Waals surface area contributed by atoms with Crippen molar-refractivity contribution in [1.29, 1.82) is 0 Å². The van der Waals surface area contributed by atoms with E-state index in [-0.39, 0.29) is 6.04 Å². The van der Waals surface area contributed by atoms with Gasteiger partial charge in [0, 0.05) is 22.0 Å². The zero-order valence-corrected chi connectivity index (χ0v) is 14.5. The largest absolute Gasteiger partial charge is 0.383 e. The van der Waals surface area contributed by atoms with Gasteiger partial charge in [0.15, 0.2) is 0 Å². The Hall–Kier alpha value is -1.00. The molecule has 2 aromatic rings. The van der Waals surface area contributed by atoms with Crippen LogP contribution in [0.5, 0.6) is 0 Å². The summed E-state index contributed by atoms with van der Waals surface area (Å²) in [5, 5.41) is 0.648. The molecule has 2 rings (SSSR count). The number of hydrogen-bond donors (Lipinski definition) is 1. The van der Waals surface area contributed by atoms with Crippen molar-refractivity contribution >= 4 is 33.3 Å². The maximum Gasteiger partial charge on any atom is 0.132 e. The van der Waals surface area contributed by atoms with Crippen molar-refractivity contribution in [2.75, 3.05) is 5.73 Å². The predicted octanol–water partition coefficient (Wildman–Crippen LogP) is 5.25. The van der Waals surface area contributed by atoms with Gasteiger partial charge < -0.3 is 10.3 Å². The summed E-state index contributed by atoms with van der Waals surface area (Å²) in [6.45, 7) is 8.45. The Balaban J connectivity index is 2.66. The summed E-state index contributed by atoms with van der Waals surface area (Å²) in [4.78, 5) is 4.73. The second-order valence-electron chi connectivity index (χ2n) is 5.45. The van der Waals surface area contributed by atoms with Gasteiger partial charge in [-0.2, -0.15) is 0 Å². The highest BCUT2D eigenvalue weighted by molar-refractivity contribution is 9.10. The van der Waals surface area contributed by atoms with Crippen molar-refractivity contribution in [2.24, 2.45) is 0 Å². The third-order valence-corrected chi connectivity index (χ3v) is 4.00. The lowest BCUT2D eigenvalue weighted by atomic mass is 10.1. The van der Waals surface area contributed by atoms with Crippen LogP contribution in [0.2, 0.25) is 5.02 Å². The van der Waals surface area contributed by atoms with Crippen LogP contribution in [-0.2, 0) is 0 Å². The minimum Gasteiger partial charge on any atom is -0.383 e. The molecule has 0 atom stereocenters. The fraction of sp³-hybridized carbons (Fsp3) is 0.400. The number of imidazole rings is 1. The minimum atomic E-state index is 0.267. The molecule has 0 spiro atoms. The maximum absolute atomic E-state index is 6.32. The van der Waals surface area contributed by atoms with Gasteiger partial charge in [-0.25, -0.2) is 4.98 Å². The van der Waals surface area contributed by atoms with E-state index < -0.39 is 0 Å². The third kappa shape index (κ3) is 2.72. The lowest BCUT2D eigenvalue weighted by Gasteiger charge is -2.15. The van der Waals surface area contributed by atoms with E-state index in [1.165, 1.54) is 0 Å². The summed E-state index contributed by atoms with van der Waals surface area (Å²) >= 11 is 9.73. The van der Waals surface area contributed by atoms with Crippen LogP contribution in [0, 0.1) is 0 Å². The summed E-state index contributed by atoms with van der Waals surface area (Å²) in [7, 11) is 0. The fourth-order valence-corrected chi connectivity index (χ4v) is 3.06. The Morgan fingerprint density at radius 1 is 1.25 bits per heavy atom.